The first-order chi connectivity index (χ1) is 47.6. The zero-order valence-electron chi connectivity index (χ0n) is 57.3. The molecule has 0 bridgehead atoms. The van der Waals surface area contributed by atoms with Gasteiger partial charge in [0.25, 0.3) is 10.1 Å². The number of benzene rings is 7. The Labute approximate surface area is 673 Å². The van der Waals surface area contributed by atoms with Crippen LogP contribution in [0.4, 0.5) is 0 Å². The summed E-state index contributed by atoms with van der Waals surface area (Å²) in [4.78, 5) is 34.9. The molecule has 532 valence electrons. The van der Waals surface area contributed by atoms with Gasteiger partial charge < -0.3 is 37.1 Å². The van der Waals surface area contributed by atoms with E-state index in [1.165, 1.54) is 169 Å². The average Bonchev–Trinajstić information content (AvgIpc) is 1.36. The number of carbonyl (C=O) groups is 3. The molecule has 0 radical (unpaired) electrons. The number of rotatable bonds is 0. The van der Waals surface area contributed by atoms with Crippen molar-refractivity contribution < 1.29 is 61.6 Å². The van der Waals surface area contributed by atoms with Gasteiger partial charge in [0.2, 0.25) is 11.8 Å². The number of Topliss-reactive ketones (excluding diaryl/α,β-unsaturated/α-hetero) is 1. The zero-order valence-corrected chi connectivity index (χ0v) is 71.3. The van der Waals surface area contributed by atoms with Crippen LogP contribution in [0.2, 0.25) is 0 Å². The molecule has 23 heteroatoms. The van der Waals surface area contributed by atoms with Gasteiger partial charge in [0.1, 0.15) is 5.78 Å². The van der Waals surface area contributed by atoms with Crippen molar-refractivity contribution in [2.45, 2.75) is 161 Å². The van der Waals surface area contributed by atoms with Gasteiger partial charge in [0.15, 0.2) is 0 Å². The smallest absolute Gasteiger partial charge is 0.381 e. The Morgan fingerprint density at radius 3 is 1.15 bits per heavy atom. The summed E-state index contributed by atoms with van der Waals surface area (Å²) >= 11 is 24.3. The maximum Gasteiger partial charge on any atom is 1.00 e. The molecule has 1 fully saturated rings. The summed E-state index contributed by atoms with van der Waals surface area (Å²) < 4.78 is 38.9. The number of nitrogens with zero attached hydrogens (tertiary/aromatic N) is 3. The molecule has 8 aliphatic rings. The second-order valence-corrected chi connectivity index (χ2v) is 32.8. The van der Waals surface area contributed by atoms with E-state index < -0.39 is 10.1 Å². The normalized spacial score (nSPS) is 15.9. The first kappa shape index (κ1) is 87.2. The van der Waals surface area contributed by atoms with Crippen LogP contribution < -0.4 is 50.8 Å². The Bertz CT molecular complexity index is 3640. The fraction of sp³-hybridized carbons (Fsp3) is 0.416. The van der Waals surface area contributed by atoms with E-state index in [2.05, 4.69) is 230 Å². The molecule has 0 atom stereocenters. The van der Waals surface area contributed by atoms with Crippen molar-refractivity contribution in [2.24, 2.45) is 0 Å². The van der Waals surface area contributed by atoms with Crippen LogP contribution in [0.1, 0.15) is 149 Å². The molecule has 14 nitrogen and oxygen atoms in total. The molecule has 2 amide bonds. The van der Waals surface area contributed by atoms with Gasteiger partial charge in [-0.1, -0.05) is 167 Å². The minimum Gasteiger partial charge on any atom is -0.381 e. The van der Waals surface area contributed by atoms with Crippen molar-refractivity contribution in [3.05, 3.63) is 253 Å². The number of fused-ring (bicyclic) bond motifs is 7. The summed E-state index contributed by atoms with van der Waals surface area (Å²) in [5.41, 5.74) is 33.1. The van der Waals surface area contributed by atoms with Crippen molar-refractivity contribution in [1.29, 1.82) is 0 Å². The van der Waals surface area contributed by atoms with Gasteiger partial charge in [-0.2, -0.15) is 8.42 Å². The third-order valence-electron chi connectivity index (χ3n) is 17.3. The number of hydrogen-bond acceptors (Lipinski definition) is 8. The van der Waals surface area contributed by atoms with Crippen LogP contribution in [-0.2, 0) is 119 Å². The Balaban J connectivity index is 0.000000204. The average molecular weight is 1840 g/mol. The molecule has 5 heterocycles. The zero-order chi connectivity index (χ0) is 71.4. The number of carbonyl (C=O) groups excluding carboxylic acids is 3. The Hall–Kier alpha value is -3.39. The third kappa shape index (κ3) is 35.1. The number of hydrogen-bond donors (Lipinski definition) is 5. The van der Waals surface area contributed by atoms with E-state index in [4.69, 9.17) is 20.4 Å². The van der Waals surface area contributed by atoms with E-state index >= 15 is 0 Å². The maximum absolute atomic E-state index is 11.2. The van der Waals surface area contributed by atoms with Crippen molar-refractivity contribution in [3.63, 3.8) is 0 Å². The maximum atomic E-state index is 11.2. The molecule has 0 saturated carbocycles. The SMILES string of the molecule is Brc1ccc2c(c1)CCCCC2.Brc1ccc2c(c1)CCCCC2.Brc1ccc2c(c1)CCCNC2.Brc1ccc2c(c1)CCNCC2.C1CCOC1.CS(=O)(=O)O.O=C1CCc2cc(Br)ccc2C1.O=C1CCc2cc(Br)ccc2CN1.O=C1Cc2ccc(Br)cc2CCN1.[N-]=[N+]=[N-].[Na+]. The van der Waals surface area contributed by atoms with Gasteiger partial charge in [0.05, 0.1) is 12.7 Å². The minimum atomic E-state index is -3.67. The standard InChI is InChI=1S/2C11H13Br.2C10H10BrNO.2C10H12BrN.C10H9BrO.C4H8O.CH4O3S.N3.Na/c2*12-11-7-6-9-4-2-1-3-5-10(9)8-11;11-9-3-1-8-6-12-10(13)4-2-7(8)5-9;11-9-2-1-7-6-10(13)12-4-3-8(7)5-9;11-10-2-1-8-3-5-12-6-4-9(8)7-10;11-10-4-3-9-7-12-5-1-2-8(9)6-10;11-9-3-1-8-6-10(12)4-2-7(8)5-9;1-2-4-5-3-1;1-5(2,3)4;1-3-2;/h2*6-8H,1-5H2;1,3,5H,2,4,6H2,(H,12,13);1-2,5H,3-4,6H2,(H,12,13);1-2,7,12H,3-6H2;3-4,6,12H,1-2,5,7H2;1,3,5H,2,4,6H2;1-4H2;1H3,(H,2,3,4);;/q;;;;;;;;;-1;+1. The largest absolute Gasteiger partial charge is 1.00 e. The quantitative estimate of drug-likeness (QED) is 0.0243. The molecule has 5 aliphatic heterocycles. The molecule has 100 heavy (non-hydrogen) atoms. The van der Waals surface area contributed by atoms with Crippen LogP contribution in [0.15, 0.2) is 159 Å². The van der Waals surface area contributed by atoms with Crippen molar-refractivity contribution in [2.75, 3.05) is 45.6 Å². The molecule has 0 spiro atoms. The molecule has 1 saturated heterocycles. The Morgan fingerprint density at radius 2 is 0.690 bits per heavy atom. The van der Waals surface area contributed by atoms with Crippen LogP contribution in [0.25, 0.3) is 16.0 Å². The fourth-order valence-electron chi connectivity index (χ4n) is 12.2. The number of nitrogens with one attached hydrogen (secondary N) is 4. The van der Waals surface area contributed by atoms with Crippen LogP contribution in [-0.4, -0.2) is 76.2 Å². The summed E-state index contributed by atoms with van der Waals surface area (Å²) in [6.45, 7) is 7.83. The topological polar surface area (TPSA) is 222 Å². The minimum absolute atomic E-state index is 0. The number of aryl methyl sites for hydroxylation is 7. The van der Waals surface area contributed by atoms with E-state index in [1.807, 2.05) is 30.3 Å². The fourth-order valence-corrected chi connectivity index (χ4v) is 15.1. The summed E-state index contributed by atoms with van der Waals surface area (Å²) in [5, 5.41) is 12.5. The first-order valence-electron chi connectivity index (χ1n) is 34.0. The number of amides is 2. The molecular formula is C77H91Br7N7NaO7S. The van der Waals surface area contributed by atoms with Crippen molar-refractivity contribution >= 4 is 139 Å². The molecule has 0 aromatic heterocycles. The van der Waals surface area contributed by atoms with Gasteiger partial charge >= 0.3 is 29.6 Å². The van der Waals surface area contributed by atoms with Crippen LogP contribution in [0.3, 0.4) is 0 Å². The Kier molecular flexibility index (Phi) is 42.5. The summed E-state index contributed by atoms with van der Waals surface area (Å²) in [6, 6.07) is 45.0. The predicted molar refractivity (Wildman–Crippen MR) is 427 cm³/mol. The van der Waals surface area contributed by atoms with Gasteiger partial charge in [-0.3, -0.25) is 23.8 Å². The van der Waals surface area contributed by atoms with Crippen molar-refractivity contribution in [1.82, 2.24) is 21.3 Å². The summed E-state index contributed by atoms with van der Waals surface area (Å²) in [6.07, 6.45) is 26.6. The van der Waals surface area contributed by atoms with E-state index in [0.717, 1.165) is 90.6 Å². The second kappa shape index (κ2) is 48.7. The van der Waals surface area contributed by atoms with Gasteiger partial charge in [-0.15, -0.1) is 0 Å². The van der Waals surface area contributed by atoms with Crippen LogP contribution >= 0.6 is 112 Å². The van der Waals surface area contributed by atoms with Gasteiger partial charge in [0, 0.05) is 83.4 Å². The van der Waals surface area contributed by atoms with Crippen LogP contribution in [0.5, 0.6) is 0 Å². The first-order valence-corrected chi connectivity index (χ1v) is 41.4. The number of ether oxygens (including phenoxy) is 1. The van der Waals surface area contributed by atoms with E-state index in [-0.39, 0.29) is 41.4 Å². The summed E-state index contributed by atoms with van der Waals surface area (Å²) in [7, 11) is -3.67. The van der Waals surface area contributed by atoms with Gasteiger partial charge in [-0.05, 0) is 292 Å². The molecule has 3 aliphatic carbocycles. The Morgan fingerprint density at radius 1 is 0.360 bits per heavy atom. The monoisotopic (exact) mass is 1830 g/mol. The molecular weight excluding hydrogens is 1750 g/mol. The van der Waals surface area contributed by atoms with Crippen LogP contribution in [0, 0.1) is 0 Å². The molecule has 0 unspecified atom stereocenters. The van der Waals surface area contributed by atoms with E-state index in [1.54, 1.807) is 22.3 Å². The van der Waals surface area contributed by atoms with E-state index in [9.17, 15) is 22.8 Å². The van der Waals surface area contributed by atoms with Crippen molar-refractivity contribution in [3.8, 4) is 0 Å². The molecule has 7 aromatic carbocycles. The second-order valence-electron chi connectivity index (χ2n) is 25.0. The molecule has 7 aromatic rings. The number of halogens is 7. The van der Waals surface area contributed by atoms with Gasteiger partial charge in [-0.25, -0.2) is 0 Å². The summed E-state index contributed by atoms with van der Waals surface area (Å²) in [5.74, 6) is 0.637. The molecule has 5 N–H and O–H groups in total. The van der Waals surface area contributed by atoms with E-state index in [0.29, 0.717) is 44.3 Å². The number of ketones is 1. The third-order valence-corrected chi connectivity index (χ3v) is 20.7. The predicted octanol–water partition coefficient (Wildman–Crippen LogP) is 16.4. The molecule has 15 rings (SSSR count).